The van der Waals surface area contributed by atoms with E-state index in [0.717, 1.165) is 57.8 Å². The molecule has 194 valence electrons. The van der Waals surface area contributed by atoms with Crippen molar-refractivity contribution in [3.63, 3.8) is 0 Å². The molecule has 5 aliphatic rings. The predicted molar refractivity (Wildman–Crippen MR) is 134 cm³/mol. The maximum absolute atomic E-state index is 13.0. The molecule has 0 bridgehead atoms. The lowest BCUT2D eigenvalue weighted by Gasteiger charge is -2.69. The molecule has 4 heteroatoms. The van der Waals surface area contributed by atoms with Crippen molar-refractivity contribution in [2.24, 2.45) is 57.2 Å². The van der Waals surface area contributed by atoms with Crippen LogP contribution in [-0.2, 0) is 9.53 Å². The maximum atomic E-state index is 13.0. The Bertz CT molecular complexity index is 821. The minimum absolute atomic E-state index is 0.0340. The molecule has 4 saturated carbocycles. The number of carbonyl (C=O) groups is 1. The summed E-state index contributed by atoms with van der Waals surface area (Å²) in [6, 6.07) is 0. The van der Waals surface area contributed by atoms with Gasteiger partial charge in [0.2, 0.25) is 0 Å². The number of hydrogen-bond acceptors (Lipinski definition) is 4. The fraction of sp³-hybridized carbons (Fsp3) is 0.967. The summed E-state index contributed by atoms with van der Waals surface area (Å²) in [5.74, 6) is 2.27. The van der Waals surface area contributed by atoms with E-state index in [1.54, 1.807) is 0 Å². The van der Waals surface area contributed by atoms with Gasteiger partial charge in [-0.15, -0.1) is 0 Å². The van der Waals surface area contributed by atoms with E-state index in [-0.39, 0.29) is 51.9 Å². The van der Waals surface area contributed by atoms with Crippen LogP contribution in [-0.4, -0.2) is 34.5 Å². The maximum Gasteiger partial charge on any atom is 0.309 e. The van der Waals surface area contributed by atoms with Gasteiger partial charge in [0.05, 0.1) is 18.1 Å². The number of rotatable bonds is 3. The summed E-state index contributed by atoms with van der Waals surface area (Å²) in [4.78, 5) is 13.0. The van der Waals surface area contributed by atoms with E-state index in [2.05, 4.69) is 48.5 Å². The van der Waals surface area contributed by atoms with Gasteiger partial charge in [0.15, 0.2) is 0 Å². The molecule has 1 heterocycles. The topological polar surface area (TPSA) is 66.8 Å². The summed E-state index contributed by atoms with van der Waals surface area (Å²) in [5, 5.41) is 22.7. The van der Waals surface area contributed by atoms with Crippen molar-refractivity contribution in [2.75, 3.05) is 0 Å². The molecule has 5 fully saturated rings. The van der Waals surface area contributed by atoms with Crippen LogP contribution >= 0.6 is 0 Å². The van der Waals surface area contributed by atoms with E-state index in [4.69, 9.17) is 4.74 Å². The number of ether oxygens (including phenoxy) is 1. The molecular weight excluding hydrogens is 424 g/mol. The Morgan fingerprint density at radius 1 is 0.853 bits per heavy atom. The zero-order valence-electron chi connectivity index (χ0n) is 22.8. The fourth-order valence-corrected chi connectivity index (χ4v) is 11.0. The Hall–Kier alpha value is -0.610. The molecule has 0 aromatic heterocycles. The lowest BCUT2D eigenvalue weighted by Crippen LogP contribution is -2.67. The first-order valence-corrected chi connectivity index (χ1v) is 14.3. The average molecular weight is 475 g/mol. The van der Waals surface area contributed by atoms with E-state index in [9.17, 15) is 15.0 Å². The van der Waals surface area contributed by atoms with Crippen molar-refractivity contribution in [1.29, 1.82) is 0 Å². The third-order valence-electron chi connectivity index (χ3n) is 12.7. The van der Waals surface area contributed by atoms with Crippen molar-refractivity contribution in [3.05, 3.63) is 0 Å². The van der Waals surface area contributed by atoms with Crippen molar-refractivity contribution in [3.8, 4) is 0 Å². The molecule has 1 saturated heterocycles. The number of esters is 1. The number of fused-ring (bicyclic) bond motifs is 5. The summed E-state index contributed by atoms with van der Waals surface area (Å²) in [6.45, 7) is 16.2. The molecular formula is C30H50O4. The standard InChI is InChI=1S/C30H50O4/c1-17(2)14-18-15-19(26(33)34-18)20-8-9-21-28(20,5)12-10-22-29(6)13-11-24(31)27(3,4)23(29)16-25(32)30(21,22)7/h17-25,31-32H,8-16H2,1-7H3/t18-,19-,20+,21+,22-,23-,24+,25-,28+,29-,30+/m1/s1. The normalized spacial score (nSPS) is 54.4. The van der Waals surface area contributed by atoms with Crippen molar-refractivity contribution >= 4 is 5.97 Å². The van der Waals surface area contributed by atoms with Gasteiger partial charge in [-0.3, -0.25) is 4.79 Å². The van der Waals surface area contributed by atoms with Crippen molar-refractivity contribution in [2.45, 2.75) is 125 Å². The van der Waals surface area contributed by atoms with Gasteiger partial charge in [-0.2, -0.15) is 0 Å². The molecule has 0 unspecified atom stereocenters. The van der Waals surface area contributed by atoms with Gasteiger partial charge in [-0.05, 0) is 104 Å². The lowest BCUT2D eigenvalue weighted by atomic mass is 9.36. The van der Waals surface area contributed by atoms with Crippen LogP contribution in [0.25, 0.3) is 0 Å². The third kappa shape index (κ3) is 3.25. The Kier molecular flexibility index (Phi) is 5.85. The summed E-state index contributed by atoms with van der Waals surface area (Å²) in [7, 11) is 0. The molecule has 0 spiro atoms. The van der Waals surface area contributed by atoms with E-state index in [1.165, 1.54) is 0 Å². The number of cyclic esters (lactones) is 1. The van der Waals surface area contributed by atoms with Crippen molar-refractivity contribution < 1.29 is 19.7 Å². The highest BCUT2D eigenvalue weighted by atomic mass is 16.6. The van der Waals surface area contributed by atoms with Crippen LogP contribution in [0.2, 0.25) is 0 Å². The minimum Gasteiger partial charge on any atom is -0.462 e. The lowest BCUT2D eigenvalue weighted by molar-refractivity contribution is -0.250. The summed E-state index contributed by atoms with van der Waals surface area (Å²) >= 11 is 0. The highest BCUT2D eigenvalue weighted by Crippen LogP contribution is 2.74. The second kappa shape index (κ2) is 7.94. The van der Waals surface area contributed by atoms with Crippen LogP contribution in [0.1, 0.15) is 106 Å². The van der Waals surface area contributed by atoms with Crippen LogP contribution in [0.5, 0.6) is 0 Å². The average Bonchev–Trinajstić information content (AvgIpc) is 3.26. The SMILES string of the molecule is CC(C)C[C@@H]1C[C@H]([C@@H]2CC[C@H]3[C@@]2(C)CC[C@@H]2[C@@]4(C)CC[C@H](O)C(C)(C)[C@H]4C[C@@H](O)[C@]23C)C(=O)O1. The summed E-state index contributed by atoms with van der Waals surface area (Å²) in [6.07, 6.45) is 8.56. The van der Waals surface area contributed by atoms with Gasteiger partial charge in [-0.25, -0.2) is 0 Å². The Morgan fingerprint density at radius 3 is 2.18 bits per heavy atom. The Morgan fingerprint density at radius 2 is 1.50 bits per heavy atom. The molecule has 1 aliphatic heterocycles. The van der Waals surface area contributed by atoms with E-state index >= 15 is 0 Å². The molecule has 0 aromatic carbocycles. The number of hydrogen-bond donors (Lipinski definition) is 2. The smallest absolute Gasteiger partial charge is 0.309 e. The monoisotopic (exact) mass is 474 g/mol. The van der Waals surface area contributed by atoms with Gasteiger partial charge >= 0.3 is 5.97 Å². The quantitative estimate of drug-likeness (QED) is 0.494. The molecule has 34 heavy (non-hydrogen) atoms. The van der Waals surface area contributed by atoms with Crippen LogP contribution in [0.4, 0.5) is 0 Å². The Labute approximate surface area is 207 Å². The second-order valence-corrected chi connectivity index (χ2v) is 14.9. The highest BCUT2D eigenvalue weighted by Gasteiger charge is 2.70. The predicted octanol–water partition coefficient (Wildman–Crippen LogP) is 5.98. The number of carbonyl (C=O) groups excluding carboxylic acids is 1. The van der Waals surface area contributed by atoms with E-state index < -0.39 is 0 Å². The van der Waals surface area contributed by atoms with Gasteiger partial charge < -0.3 is 14.9 Å². The van der Waals surface area contributed by atoms with Crippen LogP contribution in [0.3, 0.4) is 0 Å². The molecule has 5 rings (SSSR count). The first kappa shape index (κ1) is 25.1. The molecule has 0 amide bonds. The van der Waals surface area contributed by atoms with Crippen LogP contribution in [0, 0.1) is 57.2 Å². The third-order valence-corrected chi connectivity index (χ3v) is 12.7. The zero-order chi connectivity index (χ0) is 24.8. The molecule has 4 aliphatic carbocycles. The van der Waals surface area contributed by atoms with Gasteiger partial charge in [0.25, 0.3) is 0 Å². The first-order chi connectivity index (χ1) is 15.8. The Balaban J connectivity index is 1.44. The molecule has 11 atom stereocenters. The van der Waals surface area contributed by atoms with Crippen LogP contribution in [0.15, 0.2) is 0 Å². The molecule has 4 nitrogen and oxygen atoms in total. The minimum atomic E-state index is -0.340. The second-order valence-electron chi connectivity index (χ2n) is 14.9. The first-order valence-electron chi connectivity index (χ1n) is 14.3. The van der Waals surface area contributed by atoms with Crippen LogP contribution < -0.4 is 0 Å². The highest BCUT2D eigenvalue weighted by molar-refractivity contribution is 5.75. The molecule has 0 radical (unpaired) electrons. The number of aliphatic hydroxyl groups excluding tert-OH is 2. The van der Waals surface area contributed by atoms with E-state index in [1.807, 2.05) is 0 Å². The summed E-state index contributed by atoms with van der Waals surface area (Å²) < 4.78 is 5.88. The molecule has 0 aromatic rings. The number of aliphatic hydroxyl groups is 2. The van der Waals surface area contributed by atoms with Crippen molar-refractivity contribution in [1.82, 2.24) is 0 Å². The summed E-state index contributed by atoms with van der Waals surface area (Å²) in [5.41, 5.74) is -0.0289. The largest absolute Gasteiger partial charge is 0.462 e. The van der Waals surface area contributed by atoms with Gasteiger partial charge in [0, 0.05) is 5.41 Å². The van der Waals surface area contributed by atoms with Gasteiger partial charge in [0.1, 0.15) is 6.10 Å². The fourth-order valence-electron chi connectivity index (χ4n) is 11.0. The zero-order valence-corrected chi connectivity index (χ0v) is 22.8. The molecule has 2 N–H and O–H groups in total. The van der Waals surface area contributed by atoms with E-state index in [0.29, 0.717) is 29.6 Å². The van der Waals surface area contributed by atoms with Gasteiger partial charge in [-0.1, -0.05) is 48.5 Å².